The summed E-state index contributed by atoms with van der Waals surface area (Å²) in [5, 5.41) is 19.2. The van der Waals surface area contributed by atoms with E-state index in [1.807, 2.05) is 18.2 Å². The van der Waals surface area contributed by atoms with Crippen LogP contribution in [-0.4, -0.2) is 39.5 Å². The molecular weight excluding hydrogens is 242 g/mol. The summed E-state index contributed by atoms with van der Waals surface area (Å²) in [6.45, 7) is 1.81. The van der Waals surface area contributed by atoms with Crippen LogP contribution in [0.4, 0.5) is 17.5 Å². The average molecular weight is 257 g/mol. The summed E-state index contributed by atoms with van der Waals surface area (Å²) < 4.78 is 0. The molecule has 0 aliphatic carbocycles. The second-order valence-electron chi connectivity index (χ2n) is 4.50. The zero-order valence-electron chi connectivity index (χ0n) is 10.4. The minimum absolute atomic E-state index is 0.344. The van der Waals surface area contributed by atoms with Crippen LogP contribution < -0.4 is 16.0 Å². The van der Waals surface area contributed by atoms with Crippen LogP contribution in [0.1, 0.15) is 6.42 Å². The minimum Gasteiger partial charge on any atom is -0.382 e. The highest BCUT2D eigenvalue weighted by atomic mass is 15.3. The summed E-state index contributed by atoms with van der Waals surface area (Å²) in [5.41, 5.74) is 5.54. The lowest BCUT2D eigenvalue weighted by Gasteiger charge is -2.17. The number of nitrogens with one attached hydrogen (secondary N) is 1. The largest absolute Gasteiger partial charge is 0.382 e. The van der Waals surface area contributed by atoms with Crippen LogP contribution in [-0.2, 0) is 0 Å². The zero-order valence-corrected chi connectivity index (χ0v) is 10.4. The molecule has 98 valence electrons. The summed E-state index contributed by atoms with van der Waals surface area (Å²) in [5.74, 6) is 2.10. The van der Waals surface area contributed by atoms with Crippen molar-refractivity contribution in [3.8, 4) is 0 Å². The van der Waals surface area contributed by atoms with Crippen molar-refractivity contribution in [2.45, 2.75) is 12.5 Å². The molecule has 1 atom stereocenters. The van der Waals surface area contributed by atoms with E-state index in [1.165, 1.54) is 0 Å². The minimum atomic E-state index is 0.344. The third kappa shape index (κ3) is 2.70. The Morgan fingerprint density at radius 1 is 1.21 bits per heavy atom. The lowest BCUT2D eigenvalue weighted by Crippen LogP contribution is -2.27. The molecule has 19 heavy (non-hydrogen) atoms. The number of nitrogens with zero attached hydrogens (tertiary/aromatic N) is 5. The van der Waals surface area contributed by atoms with E-state index in [1.54, 1.807) is 12.3 Å². The monoisotopic (exact) mass is 257 g/mol. The van der Waals surface area contributed by atoms with E-state index < -0.39 is 0 Å². The Labute approximate surface area is 110 Å². The first-order valence-electron chi connectivity index (χ1n) is 6.19. The quantitative estimate of drug-likeness (QED) is 0.828. The van der Waals surface area contributed by atoms with Gasteiger partial charge < -0.3 is 16.0 Å². The standard InChI is InChI=1S/C12H15N7/c13-10-3-4-12(18-16-10)19-7-5-9(8-19)15-11-2-1-6-14-17-11/h1-4,6,9H,5,7-8H2,(H2,13,16)(H,15,17)/t9-/m1/s1. The molecule has 7 heteroatoms. The maximum Gasteiger partial charge on any atom is 0.151 e. The molecule has 2 aromatic heterocycles. The highest BCUT2D eigenvalue weighted by Gasteiger charge is 2.23. The molecule has 0 spiro atoms. The first kappa shape index (κ1) is 11.6. The van der Waals surface area contributed by atoms with Gasteiger partial charge in [-0.1, -0.05) is 0 Å². The van der Waals surface area contributed by atoms with Crippen LogP contribution in [0.5, 0.6) is 0 Å². The lowest BCUT2D eigenvalue weighted by molar-refractivity contribution is 0.792. The summed E-state index contributed by atoms with van der Waals surface area (Å²) >= 11 is 0. The van der Waals surface area contributed by atoms with Crippen molar-refractivity contribution in [1.29, 1.82) is 0 Å². The van der Waals surface area contributed by atoms with Gasteiger partial charge in [0.15, 0.2) is 5.82 Å². The van der Waals surface area contributed by atoms with E-state index in [2.05, 4.69) is 30.6 Å². The van der Waals surface area contributed by atoms with Gasteiger partial charge in [0.1, 0.15) is 11.6 Å². The van der Waals surface area contributed by atoms with Gasteiger partial charge in [-0.25, -0.2) is 0 Å². The fourth-order valence-electron chi connectivity index (χ4n) is 2.18. The van der Waals surface area contributed by atoms with Gasteiger partial charge in [-0.15, -0.1) is 15.3 Å². The first-order chi connectivity index (χ1) is 9.31. The van der Waals surface area contributed by atoms with Gasteiger partial charge in [0.25, 0.3) is 0 Å². The Bertz CT molecular complexity index is 528. The highest BCUT2D eigenvalue weighted by molar-refractivity contribution is 5.44. The van der Waals surface area contributed by atoms with Gasteiger partial charge in [0.05, 0.1) is 0 Å². The van der Waals surface area contributed by atoms with Crippen LogP contribution in [0.2, 0.25) is 0 Å². The molecule has 0 aromatic carbocycles. The van der Waals surface area contributed by atoms with Crippen LogP contribution in [0, 0.1) is 0 Å². The predicted molar refractivity (Wildman–Crippen MR) is 72.7 cm³/mol. The molecule has 2 aromatic rings. The van der Waals surface area contributed by atoms with E-state index in [0.717, 1.165) is 31.1 Å². The third-order valence-corrected chi connectivity index (χ3v) is 3.11. The number of nitrogen functional groups attached to an aromatic ring is 1. The molecule has 1 fully saturated rings. The van der Waals surface area contributed by atoms with Crippen LogP contribution in [0.3, 0.4) is 0 Å². The molecule has 3 N–H and O–H groups in total. The lowest BCUT2D eigenvalue weighted by atomic mass is 10.2. The molecule has 0 bridgehead atoms. The molecule has 7 nitrogen and oxygen atoms in total. The topological polar surface area (TPSA) is 92.8 Å². The molecule has 1 aliphatic rings. The van der Waals surface area contributed by atoms with E-state index in [4.69, 9.17) is 5.73 Å². The van der Waals surface area contributed by atoms with Gasteiger partial charge in [-0.2, -0.15) is 5.10 Å². The summed E-state index contributed by atoms with van der Waals surface area (Å²) in [7, 11) is 0. The average Bonchev–Trinajstić information content (AvgIpc) is 2.89. The third-order valence-electron chi connectivity index (χ3n) is 3.11. The SMILES string of the molecule is Nc1ccc(N2CC[C@@H](Nc3cccnn3)C2)nn1. The maximum atomic E-state index is 5.54. The summed E-state index contributed by atoms with van der Waals surface area (Å²) in [4.78, 5) is 2.18. The predicted octanol–water partition coefficient (Wildman–Crippen LogP) is 0.540. The highest BCUT2D eigenvalue weighted by Crippen LogP contribution is 2.19. The van der Waals surface area contributed by atoms with E-state index in [0.29, 0.717) is 11.9 Å². The first-order valence-corrected chi connectivity index (χ1v) is 6.19. The fraction of sp³-hybridized carbons (Fsp3) is 0.333. The molecule has 1 saturated heterocycles. The zero-order chi connectivity index (χ0) is 13.1. The normalized spacial score (nSPS) is 18.5. The Morgan fingerprint density at radius 2 is 2.16 bits per heavy atom. The molecule has 0 amide bonds. The van der Waals surface area contributed by atoms with Crippen molar-refractivity contribution in [1.82, 2.24) is 20.4 Å². The van der Waals surface area contributed by atoms with Crippen LogP contribution in [0.15, 0.2) is 30.5 Å². The van der Waals surface area contributed by atoms with Gasteiger partial charge in [-0.3, -0.25) is 0 Å². The number of anilines is 3. The van der Waals surface area contributed by atoms with Gasteiger partial charge in [0.2, 0.25) is 0 Å². The summed E-state index contributed by atoms with van der Waals surface area (Å²) in [6, 6.07) is 7.79. The molecule has 0 saturated carbocycles. The van der Waals surface area contributed by atoms with Crippen molar-refractivity contribution >= 4 is 17.5 Å². The van der Waals surface area contributed by atoms with Gasteiger partial charge >= 0.3 is 0 Å². The van der Waals surface area contributed by atoms with Crippen LogP contribution >= 0.6 is 0 Å². The van der Waals surface area contributed by atoms with Crippen molar-refractivity contribution in [3.63, 3.8) is 0 Å². The van der Waals surface area contributed by atoms with Crippen molar-refractivity contribution in [2.75, 3.05) is 29.0 Å². The molecular formula is C12H15N7. The number of aromatic nitrogens is 4. The molecule has 3 heterocycles. The molecule has 1 aliphatic heterocycles. The number of nitrogens with two attached hydrogens (primary N) is 1. The summed E-state index contributed by atoms with van der Waals surface area (Å²) in [6.07, 6.45) is 2.69. The molecule has 0 radical (unpaired) electrons. The van der Waals surface area contributed by atoms with Crippen molar-refractivity contribution in [3.05, 3.63) is 30.5 Å². The Kier molecular flexibility index (Phi) is 3.09. The van der Waals surface area contributed by atoms with Crippen molar-refractivity contribution < 1.29 is 0 Å². The van der Waals surface area contributed by atoms with Gasteiger partial charge in [-0.05, 0) is 30.7 Å². The molecule has 3 rings (SSSR count). The fourth-order valence-corrected chi connectivity index (χ4v) is 2.18. The van der Waals surface area contributed by atoms with Crippen molar-refractivity contribution in [2.24, 2.45) is 0 Å². The van der Waals surface area contributed by atoms with E-state index in [9.17, 15) is 0 Å². The Hall–Kier alpha value is -2.44. The number of hydrogen-bond acceptors (Lipinski definition) is 7. The van der Waals surface area contributed by atoms with Crippen LogP contribution in [0.25, 0.3) is 0 Å². The second-order valence-corrected chi connectivity index (χ2v) is 4.50. The Balaban J connectivity index is 1.62. The van der Waals surface area contributed by atoms with E-state index >= 15 is 0 Å². The van der Waals surface area contributed by atoms with Gasteiger partial charge in [0, 0.05) is 25.3 Å². The second kappa shape index (κ2) is 5.05. The van der Waals surface area contributed by atoms with E-state index in [-0.39, 0.29) is 0 Å². The smallest absolute Gasteiger partial charge is 0.151 e. The number of rotatable bonds is 3. The number of hydrogen-bond donors (Lipinski definition) is 2. The maximum absolute atomic E-state index is 5.54. The Morgan fingerprint density at radius 3 is 2.89 bits per heavy atom. The molecule has 0 unspecified atom stereocenters.